The molecule has 0 bridgehead atoms. The Labute approximate surface area is 93.5 Å². The number of hydrogen-bond acceptors (Lipinski definition) is 3. The second-order valence-electron chi connectivity index (χ2n) is 3.00. The molecule has 0 amide bonds. The van der Waals surface area contributed by atoms with Crippen LogP contribution in [0.4, 0.5) is 0 Å². The molecule has 0 aliphatic rings. The summed E-state index contributed by atoms with van der Waals surface area (Å²) in [5, 5.41) is 7.76. The van der Waals surface area contributed by atoms with Crippen LogP contribution in [0.3, 0.4) is 0 Å². The van der Waals surface area contributed by atoms with Crippen LogP contribution in [0.2, 0.25) is 0 Å². The third kappa shape index (κ3) is 3.64. The second-order valence-corrected chi connectivity index (χ2v) is 3.36. The molecule has 0 fully saturated rings. The molecule has 1 aromatic carbocycles. The first-order valence-corrected chi connectivity index (χ1v) is 4.83. The fourth-order valence-electron chi connectivity index (χ4n) is 0.823. The van der Waals surface area contributed by atoms with Crippen LogP contribution in [0.25, 0.3) is 0 Å². The fourth-order valence-corrected chi connectivity index (χ4v) is 0.987. The van der Waals surface area contributed by atoms with Gasteiger partial charge in [0.2, 0.25) is 0 Å². The summed E-state index contributed by atoms with van der Waals surface area (Å²) < 4.78 is 0. The highest BCUT2D eigenvalue weighted by atomic mass is 35.5. The molecule has 0 unspecified atom stereocenters. The summed E-state index contributed by atoms with van der Waals surface area (Å²) in [6, 6.07) is 9.25. The van der Waals surface area contributed by atoms with Gasteiger partial charge < -0.3 is 0 Å². The standard InChI is InChI=1S/C11H11ClN2O/c1-8(9(2)15)13-14-11(12)10-6-4-3-5-7-10/h3-7H,1-2H3/b13-8-,14-11-. The number of nitrogens with zero attached hydrogens (tertiary/aromatic N) is 2. The van der Waals surface area contributed by atoms with E-state index < -0.39 is 0 Å². The number of benzene rings is 1. The average molecular weight is 223 g/mol. The van der Waals surface area contributed by atoms with Gasteiger partial charge in [0.15, 0.2) is 11.0 Å². The summed E-state index contributed by atoms with van der Waals surface area (Å²) >= 11 is 5.89. The molecule has 0 aromatic heterocycles. The summed E-state index contributed by atoms with van der Waals surface area (Å²) in [5.41, 5.74) is 1.11. The highest BCUT2D eigenvalue weighted by Gasteiger charge is 1.99. The van der Waals surface area contributed by atoms with Gasteiger partial charge in [-0.05, 0) is 6.92 Å². The van der Waals surface area contributed by atoms with Crippen molar-refractivity contribution >= 4 is 28.3 Å². The number of carbonyl (C=O) groups excluding carboxylic acids is 1. The van der Waals surface area contributed by atoms with E-state index in [1.807, 2.05) is 30.3 Å². The van der Waals surface area contributed by atoms with Gasteiger partial charge in [-0.1, -0.05) is 41.9 Å². The smallest absolute Gasteiger partial charge is 0.175 e. The molecule has 1 aromatic rings. The van der Waals surface area contributed by atoms with Crippen LogP contribution in [-0.4, -0.2) is 16.7 Å². The van der Waals surface area contributed by atoms with Gasteiger partial charge in [0.1, 0.15) is 5.71 Å². The zero-order chi connectivity index (χ0) is 11.3. The fraction of sp³-hybridized carbons (Fsp3) is 0.182. The maximum Gasteiger partial charge on any atom is 0.175 e. The zero-order valence-corrected chi connectivity index (χ0v) is 9.32. The third-order valence-corrected chi connectivity index (χ3v) is 2.10. The summed E-state index contributed by atoms with van der Waals surface area (Å²) in [6.45, 7) is 3.03. The van der Waals surface area contributed by atoms with E-state index in [0.29, 0.717) is 5.71 Å². The number of rotatable bonds is 3. The van der Waals surface area contributed by atoms with Crippen molar-refractivity contribution in [2.24, 2.45) is 10.2 Å². The minimum Gasteiger partial charge on any atom is -0.293 e. The molecule has 0 N–H and O–H groups in total. The first kappa shape index (κ1) is 11.6. The van der Waals surface area contributed by atoms with E-state index in [-0.39, 0.29) is 11.0 Å². The monoisotopic (exact) mass is 222 g/mol. The quantitative estimate of drug-likeness (QED) is 0.573. The lowest BCUT2D eigenvalue weighted by molar-refractivity contribution is -0.111. The van der Waals surface area contributed by atoms with Gasteiger partial charge in [0, 0.05) is 12.5 Å². The zero-order valence-electron chi connectivity index (χ0n) is 8.57. The number of carbonyl (C=O) groups is 1. The lowest BCUT2D eigenvalue weighted by Crippen LogP contribution is -2.03. The van der Waals surface area contributed by atoms with Crippen molar-refractivity contribution in [1.29, 1.82) is 0 Å². The third-order valence-electron chi connectivity index (χ3n) is 1.81. The van der Waals surface area contributed by atoms with Crippen LogP contribution in [0.1, 0.15) is 19.4 Å². The van der Waals surface area contributed by atoms with Crippen molar-refractivity contribution in [1.82, 2.24) is 0 Å². The summed E-state index contributed by atoms with van der Waals surface area (Å²) in [6.07, 6.45) is 0. The summed E-state index contributed by atoms with van der Waals surface area (Å²) in [4.78, 5) is 10.8. The topological polar surface area (TPSA) is 41.8 Å². The van der Waals surface area contributed by atoms with Crippen molar-refractivity contribution < 1.29 is 4.79 Å². The van der Waals surface area contributed by atoms with Crippen molar-refractivity contribution in [3.05, 3.63) is 35.9 Å². The Morgan fingerprint density at radius 3 is 2.27 bits per heavy atom. The van der Waals surface area contributed by atoms with Gasteiger partial charge in [0.25, 0.3) is 0 Å². The van der Waals surface area contributed by atoms with Crippen LogP contribution in [0, 0.1) is 0 Å². The predicted octanol–water partition coefficient (Wildman–Crippen LogP) is 2.64. The molecular weight excluding hydrogens is 212 g/mol. The molecule has 0 aliphatic carbocycles. The van der Waals surface area contributed by atoms with Crippen LogP contribution < -0.4 is 0 Å². The Hall–Kier alpha value is -1.48. The Bertz CT molecular complexity index is 410. The van der Waals surface area contributed by atoms with Gasteiger partial charge in [0.05, 0.1) is 0 Å². The highest BCUT2D eigenvalue weighted by Crippen LogP contribution is 2.04. The molecule has 0 saturated carbocycles. The molecule has 0 saturated heterocycles. The number of Topliss-reactive ketones (excluding diaryl/α,β-unsaturated/α-hetero) is 1. The minimum atomic E-state index is -0.115. The Morgan fingerprint density at radius 1 is 1.13 bits per heavy atom. The van der Waals surface area contributed by atoms with Gasteiger partial charge in [-0.2, -0.15) is 5.10 Å². The molecule has 0 heterocycles. The average Bonchev–Trinajstić information content (AvgIpc) is 2.26. The molecule has 0 radical (unpaired) electrons. The van der Waals surface area contributed by atoms with Gasteiger partial charge in [-0.15, -0.1) is 5.10 Å². The van der Waals surface area contributed by atoms with Crippen LogP contribution >= 0.6 is 11.6 Å². The van der Waals surface area contributed by atoms with E-state index in [4.69, 9.17) is 11.6 Å². The minimum absolute atomic E-state index is 0.115. The Balaban J connectivity index is 2.86. The molecule has 78 valence electrons. The lowest BCUT2D eigenvalue weighted by atomic mass is 10.2. The molecule has 15 heavy (non-hydrogen) atoms. The van der Waals surface area contributed by atoms with E-state index in [9.17, 15) is 4.79 Å². The summed E-state index contributed by atoms with van der Waals surface area (Å²) in [5.74, 6) is -0.115. The molecular formula is C11H11ClN2O. The predicted molar refractivity (Wildman–Crippen MR) is 62.6 cm³/mol. The Morgan fingerprint density at radius 2 is 1.73 bits per heavy atom. The van der Waals surface area contributed by atoms with E-state index in [2.05, 4.69) is 10.2 Å². The highest BCUT2D eigenvalue weighted by molar-refractivity contribution is 6.69. The van der Waals surface area contributed by atoms with E-state index in [1.165, 1.54) is 6.92 Å². The molecule has 0 spiro atoms. The molecule has 0 atom stereocenters. The molecule has 3 nitrogen and oxygen atoms in total. The molecule has 4 heteroatoms. The van der Waals surface area contributed by atoms with E-state index >= 15 is 0 Å². The van der Waals surface area contributed by atoms with Crippen LogP contribution in [0.15, 0.2) is 40.5 Å². The maximum atomic E-state index is 10.8. The van der Waals surface area contributed by atoms with Gasteiger partial charge in [-0.3, -0.25) is 4.79 Å². The first-order chi connectivity index (χ1) is 7.11. The van der Waals surface area contributed by atoms with Crippen molar-refractivity contribution in [2.75, 3.05) is 0 Å². The lowest BCUT2D eigenvalue weighted by Gasteiger charge is -1.95. The number of hydrogen-bond donors (Lipinski definition) is 0. The second kappa shape index (κ2) is 5.41. The van der Waals surface area contributed by atoms with E-state index in [1.54, 1.807) is 6.92 Å². The molecule has 0 aliphatic heterocycles. The van der Waals surface area contributed by atoms with Crippen molar-refractivity contribution in [3.63, 3.8) is 0 Å². The maximum absolute atomic E-state index is 10.8. The summed E-state index contributed by atoms with van der Waals surface area (Å²) in [7, 11) is 0. The number of ketones is 1. The Kier molecular flexibility index (Phi) is 4.18. The first-order valence-electron chi connectivity index (χ1n) is 4.45. The van der Waals surface area contributed by atoms with Gasteiger partial charge in [-0.25, -0.2) is 0 Å². The van der Waals surface area contributed by atoms with Crippen LogP contribution in [-0.2, 0) is 4.79 Å². The molecule has 1 rings (SSSR count). The van der Waals surface area contributed by atoms with E-state index in [0.717, 1.165) is 5.56 Å². The largest absolute Gasteiger partial charge is 0.293 e. The van der Waals surface area contributed by atoms with Crippen LogP contribution in [0.5, 0.6) is 0 Å². The van der Waals surface area contributed by atoms with Gasteiger partial charge >= 0.3 is 0 Å². The van der Waals surface area contributed by atoms with Crippen molar-refractivity contribution in [3.8, 4) is 0 Å². The van der Waals surface area contributed by atoms with Crippen molar-refractivity contribution in [2.45, 2.75) is 13.8 Å². The SMILES string of the molecule is CC(=O)/C(C)=N\N=C(/Cl)c1ccccc1. The number of halogens is 1. The normalized spacial score (nSPS) is 12.7.